The van der Waals surface area contributed by atoms with Gasteiger partial charge in [-0.25, -0.2) is 4.79 Å². The average Bonchev–Trinajstić information content (AvgIpc) is 2.59. The van der Waals surface area contributed by atoms with Crippen molar-refractivity contribution in [2.24, 2.45) is 0 Å². The fraction of sp³-hybridized carbons (Fsp3) is 0.316. The molecule has 23 heavy (non-hydrogen) atoms. The molecular formula is C19H22O4. The van der Waals surface area contributed by atoms with E-state index >= 15 is 0 Å². The van der Waals surface area contributed by atoms with Crippen LogP contribution in [0, 0.1) is 0 Å². The van der Waals surface area contributed by atoms with E-state index in [2.05, 4.69) is 0 Å². The van der Waals surface area contributed by atoms with Gasteiger partial charge in [-0.1, -0.05) is 67.6 Å². The lowest BCUT2D eigenvalue weighted by atomic mass is 10.1. The summed E-state index contributed by atoms with van der Waals surface area (Å²) < 4.78 is 11.4. The first-order valence-corrected chi connectivity index (χ1v) is 7.74. The van der Waals surface area contributed by atoms with Crippen LogP contribution >= 0.6 is 0 Å². The van der Waals surface area contributed by atoms with Crippen molar-refractivity contribution in [2.75, 3.05) is 0 Å². The summed E-state index contributed by atoms with van der Waals surface area (Å²) in [7, 11) is 0. The van der Waals surface area contributed by atoms with E-state index in [0.29, 0.717) is 13.0 Å². The number of carbonyl (C=O) groups is 1. The lowest BCUT2D eigenvalue weighted by Gasteiger charge is -2.23. The molecule has 0 aliphatic heterocycles. The minimum atomic E-state index is -0.999. The third kappa shape index (κ3) is 5.51. The molecule has 2 aromatic rings. The Labute approximate surface area is 136 Å². The van der Waals surface area contributed by atoms with Crippen LogP contribution in [-0.2, 0) is 27.5 Å². The van der Waals surface area contributed by atoms with Crippen LogP contribution < -0.4 is 0 Å². The molecule has 2 unspecified atom stereocenters. The maximum absolute atomic E-state index is 11.5. The number of ether oxygens (including phenoxy) is 2. The van der Waals surface area contributed by atoms with E-state index in [0.717, 1.165) is 11.1 Å². The number of hydrogen-bond acceptors (Lipinski definition) is 3. The van der Waals surface area contributed by atoms with Crippen LogP contribution in [0.5, 0.6) is 0 Å². The minimum absolute atomic E-state index is 0.253. The summed E-state index contributed by atoms with van der Waals surface area (Å²) in [5, 5.41) is 9.44. The Bertz CT molecular complexity index is 583. The van der Waals surface area contributed by atoms with Crippen molar-refractivity contribution >= 4 is 5.97 Å². The molecule has 0 aromatic heterocycles. The Kier molecular flexibility index (Phi) is 6.78. The second kappa shape index (κ2) is 9.08. The minimum Gasteiger partial charge on any atom is -0.479 e. The predicted octanol–water partition coefficient (Wildman–Crippen LogP) is 3.65. The molecule has 0 fully saturated rings. The summed E-state index contributed by atoms with van der Waals surface area (Å²) in [6.07, 6.45) is -0.904. The molecule has 4 heteroatoms. The van der Waals surface area contributed by atoms with Crippen molar-refractivity contribution in [2.45, 2.75) is 38.8 Å². The zero-order valence-electron chi connectivity index (χ0n) is 13.2. The topological polar surface area (TPSA) is 55.8 Å². The Morgan fingerprint density at radius 2 is 1.39 bits per heavy atom. The van der Waals surface area contributed by atoms with Gasteiger partial charge in [-0.05, 0) is 17.5 Å². The van der Waals surface area contributed by atoms with Crippen LogP contribution in [0.3, 0.4) is 0 Å². The third-order valence-electron chi connectivity index (χ3n) is 3.56. The highest BCUT2D eigenvalue weighted by Gasteiger charge is 2.28. The van der Waals surface area contributed by atoms with Crippen molar-refractivity contribution in [3.8, 4) is 0 Å². The molecular weight excluding hydrogens is 292 g/mol. The van der Waals surface area contributed by atoms with Gasteiger partial charge in [-0.15, -0.1) is 0 Å². The van der Waals surface area contributed by atoms with Gasteiger partial charge in [0.15, 0.2) is 6.10 Å². The number of carboxylic acid groups (broad SMARTS) is 1. The highest BCUT2D eigenvalue weighted by Crippen LogP contribution is 2.14. The monoisotopic (exact) mass is 314 g/mol. The third-order valence-corrected chi connectivity index (χ3v) is 3.56. The van der Waals surface area contributed by atoms with Crippen LogP contribution in [-0.4, -0.2) is 23.3 Å². The highest BCUT2D eigenvalue weighted by molar-refractivity contribution is 5.73. The normalized spacial score (nSPS) is 13.4. The van der Waals surface area contributed by atoms with Gasteiger partial charge >= 0.3 is 5.97 Å². The predicted molar refractivity (Wildman–Crippen MR) is 88.0 cm³/mol. The van der Waals surface area contributed by atoms with Gasteiger partial charge in [0.25, 0.3) is 0 Å². The number of hydrogen-bond donors (Lipinski definition) is 1. The molecule has 0 aliphatic rings. The zero-order chi connectivity index (χ0) is 16.5. The van der Waals surface area contributed by atoms with Gasteiger partial charge < -0.3 is 14.6 Å². The van der Waals surface area contributed by atoms with Gasteiger partial charge in [0.05, 0.1) is 19.3 Å². The van der Waals surface area contributed by atoms with Gasteiger partial charge in [0.1, 0.15) is 0 Å². The lowest BCUT2D eigenvalue weighted by molar-refractivity contribution is -0.165. The molecule has 0 saturated heterocycles. The quantitative estimate of drug-likeness (QED) is 0.767. The van der Waals surface area contributed by atoms with E-state index < -0.39 is 18.2 Å². The van der Waals surface area contributed by atoms with Crippen LogP contribution in [0.4, 0.5) is 0 Å². The summed E-state index contributed by atoms with van der Waals surface area (Å²) in [5.41, 5.74) is 1.95. The van der Waals surface area contributed by atoms with E-state index in [1.54, 1.807) is 0 Å². The maximum Gasteiger partial charge on any atom is 0.335 e. The summed E-state index contributed by atoms with van der Waals surface area (Å²) in [6, 6.07) is 19.2. The van der Waals surface area contributed by atoms with Crippen molar-refractivity contribution in [3.05, 3.63) is 71.8 Å². The van der Waals surface area contributed by atoms with Gasteiger partial charge in [-0.2, -0.15) is 0 Å². The first kappa shape index (κ1) is 17.2. The molecule has 1 N–H and O–H groups in total. The summed E-state index contributed by atoms with van der Waals surface area (Å²) in [6.45, 7) is 2.53. The lowest BCUT2D eigenvalue weighted by Crippen LogP contribution is -2.38. The Morgan fingerprint density at radius 3 is 1.83 bits per heavy atom. The molecule has 0 radical (unpaired) electrons. The molecule has 0 heterocycles. The molecule has 2 atom stereocenters. The van der Waals surface area contributed by atoms with Crippen molar-refractivity contribution < 1.29 is 19.4 Å². The molecule has 122 valence electrons. The SMILES string of the molecule is CCC(OCc1ccccc1)C(OCc1ccccc1)C(=O)O. The number of aliphatic carboxylic acids is 1. The molecule has 0 bridgehead atoms. The summed E-state index contributed by atoms with van der Waals surface area (Å²) in [5.74, 6) is -0.999. The van der Waals surface area contributed by atoms with E-state index in [-0.39, 0.29) is 6.61 Å². The van der Waals surface area contributed by atoms with Gasteiger partial charge in [0.2, 0.25) is 0 Å². The fourth-order valence-electron chi connectivity index (χ4n) is 2.29. The van der Waals surface area contributed by atoms with Crippen LogP contribution in [0.25, 0.3) is 0 Å². The molecule has 2 aromatic carbocycles. The largest absolute Gasteiger partial charge is 0.479 e. The molecule has 0 spiro atoms. The van der Waals surface area contributed by atoms with E-state index in [1.165, 1.54) is 0 Å². The summed E-state index contributed by atoms with van der Waals surface area (Å²) in [4.78, 5) is 11.5. The summed E-state index contributed by atoms with van der Waals surface area (Å²) >= 11 is 0. The van der Waals surface area contributed by atoms with Crippen LogP contribution in [0.1, 0.15) is 24.5 Å². The average molecular weight is 314 g/mol. The number of rotatable bonds is 9. The molecule has 0 saturated carbocycles. The molecule has 4 nitrogen and oxygen atoms in total. The Hall–Kier alpha value is -2.17. The highest BCUT2D eigenvalue weighted by atomic mass is 16.6. The molecule has 2 rings (SSSR count). The zero-order valence-corrected chi connectivity index (χ0v) is 13.2. The second-order valence-electron chi connectivity index (χ2n) is 5.30. The number of carboxylic acids is 1. The number of benzene rings is 2. The van der Waals surface area contributed by atoms with E-state index in [4.69, 9.17) is 9.47 Å². The van der Waals surface area contributed by atoms with E-state index in [9.17, 15) is 9.90 Å². The van der Waals surface area contributed by atoms with Crippen molar-refractivity contribution in [1.82, 2.24) is 0 Å². The molecule has 0 aliphatic carbocycles. The van der Waals surface area contributed by atoms with E-state index in [1.807, 2.05) is 67.6 Å². The molecule has 0 amide bonds. The van der Waals surface area contributed by atoms with Gasteiger partial charge in [-0.3, -0.25) is 0 Å². The van der Waals surface area contributed by atoms with Crippen molar-refractivity contribution in [1.29, 1.82) is 0 Å². The standard InChI is InChI=1S/C19H22O4/c1-2-17(22-13-15-9-5-3-6-10-15)18(19(20)21)23-14-16-11-7-4-8-12-16/h3-12,17-18H,2,13-14H2,1H3,(H,20,21). The van der Waals surface area contributed by atoms with Crippen LogP contribution in [0.15, 0.2) is 60.7 Å². The van der Waals surface area contributed by atoms with Gasteiger partial charge in [0, 0.05) is 0 Å². The second-order valence-corrected chi connectivity index (χ2v) is 5.30. The maximum atomic E-state index is 11.5. The van der Waals surface area contributed by atoms with Crippen molar-refractivity contribution in [3.63, 3.8) is 0 Å². The smallest absolute Gasteiger partial charge is 0.335 e. The fourth-order valence-corrected chi connectivity index (χ4v) is 2.29. The van der Waals surface area contributed by atoms with Crippen LogP contribution in [0.2, 0.25) is 0 Å². The first-order chi connectivity index (χ1) is 11.2. The first-order valence-electron chi connectivity index (χ1n) is 7.74. The Balaban J connectivity index is 1.94. The Morgan fingerprint density at radius 1 is 0.913 bits per heavy atom.